The van der Waals surface area contributed by atoms with Crippen molar-refractivity contribution in [2.75, 3.05) is 5.75 Å². The molecule has 1 heterocycles. The predicted octanol–water partition coefficient (Wildman–Crippen LogP) is 0.915. The molecule has 2 atom stereocenters. The summed E-state index contributed by atoms with van der Waals surface area (Å²) in [6, 6.07) is 0. The molecule has 0 aliphatic carbocycles. The summed E-state index contributed by atoms with van der Waals surface area (Å²) in [6.07, 6.45) is -0.741. The van der Waals surface area contributed by atoms with Crippen LogP contribution in [-0.4, -0.2) is 28.3 Å². The summed E-state index contributed by atoms with van der Waals surface area (Å²) in [6.45, 7) is 0. The molecule has 1 aliphatic heterocycles. The number of halogens is 1. The lowest BCUT2D eigenvalue weighted by Crippen LogP contribution is -2.22. The van der Waals surface area contributed by atoms with E-state index in [1.807, 2.05) is 0 Å². The Balaban J connectivity index is 2.49. The van der Waals surface area contributed by atoms with Gasteiger partial charge in [-0.15, -0.1) is 11.8 Å². The van der Waals surface area contributed by atoms with E-state index in [2.05, 4.69) is 0 Å². The van der Waals surface area contributed by atoms with Crippen LogP contribution in [0.5, 0.6) is 0 Å². The van der Waals surface area contributed by atoms with Gasteiger partial charge in [-0.3, -0.25) is 4.79 Å². The lowest BCUT2D eigenvalue weighted by molar-refractivity contribution is -0.137. The third kappa shape index (κ3) is 1.36. The average molecular weight is 150 g/mol. The Labute approximate surface area is 56.4 Å². The molecule has 0 amide bonds. The SMILES string of the molecule is O=C(O)C1SCCC1F. The van der Waals surface area contributed by atoms with Crippen molar-refractivity contribution in [1.82, 2.24) is 0 Å². The van der Waals surface area contributed by atoms with Gasteiger partial charge >= 0.3 is 5.97 Å². The van der Waals surface area contributed by atoms with Crippen molar-refractivity contribution < 1.29 is 14.3 Å². The molecule has 0 saturated carbocycles. The highest BCUT2D eigenvalue weighted by molar-refractivity contribution is 8.00. The van der Waals surface area contributed by atoms with Crippen molar-refractivity contribution in [3.05, 3.63) is 0 Å². The summed E-state index contributed by atoms with van der Waals surface area (Å²) >= 11 is 1.18. The van der Waals surface area contributed by atoms with Crippen LogP contribution < -0.4 is 0 Å². The normalized spacial score (nSPS) is 34.8. The number of alkyl halides is 1. The summed E-state index contributed by atoms with van der Waals surface area (Å²) in [4.78, 5) is 10.2. The largest absolute Gasteiger partial charge is 0.480 e. The maximum Gasteiger partial charge on any atom is 0.319 e. The Hall–Kier alpha value is -0.250. The molecule has 4 heteroatoms. The van der Waals surface area contributed by atoms with E-state index in [-0.39, 0.29) is 0 Å². The van der Waals surface area contributed by atoms with Crippen molar-refractivity contribution in [3.63, 3.8) is 0 Å². The number of hydrogen-bond acceptors (Lipinski definition) is 2. The minimum atomic E-state index is -1.13. The molecule has 0 aromatic heterocycles. The van der Waals surface area contributed by atoms with E-state index in [0.717, 1.165) is 0 Å². The van der Waals surface area contributed by atoms with Crippen molar-refractivity contribution in [1.29, 1.82) is 0 Å². The van der Waals surface area contributed by atoms with Gasteiger partial charge in [0.25, 0.3) is 0 Å². The first-order valence-corrected chi connectivity index (χ1v) is 3.75. The minimum Gasteiger partial charge on any atom is -0.480 e. The Bertz CT molecular complexity index is 128. The van der Waals surface area contributed by atoms with Crippen LogP contribution in [0.2, 0.25) is 0 Å². The van der Waals surface area contributed by atoms with Crippen LogP contribution in [0.15, 0.2) is 0 Å². The molecular formula is C5H7FO2S. The lowest BCUT2D eigenvalue weighted by Gasteiger charge is -2.03. The smallest absolute Gasteiger partial charge is 0.319 e. The number of carboxylic acid groups (broad SMARTS) is 1. The van der Waals surface area contributed by atoms with Gasteiger partial charge in [0.1, 0.15) is 11.4 Å². The number of hydrogen-bond donors (Lipinski definition) is 1. The molecule has 52 valence electrons. The Kier molecular flexibility index (Phi) is 1.95. The summed E-state index contributed by atoms with van der Waals surface area (Å²) in [5.74, 6) is -0.386. The third-order valence-electron chi connectivity index (χ3n) is 1.26. The van der Waals surface area contributed by atoms with Gasteiger partial charge in [-0.05, 0) is 12.2 Å². The molecular weight excluding hydrogens is 143 g/mol. The second-order valence-electron chi connectivity index (χ2n) is 1.93. The highest BCUT2D eigenvalue weighted by Gasteiger charge is 2.33. The van der Waals surface area contributed by atoms with E-state index >= 15 is 0 Å². The first kappa shape index (κ1) is 6.86. The Morgan fingerprint density at radius 3 is 2.67 bits per heavy atom. The topological polar surface area (TPSA) is 37.3 Å². The van der Waals surface area contributed by atoms with Crippen LogP contribution in [0.1, 0.15) is 6.42 Å². The zero-order valence-electron chi connectivity index (χ0n) is 4.71. The predicted molar refractivity (Wildman–Crippen MR) is 33.4 cm³/mol. The van der Waals surface area contributed by atoms with E-state index in [9.17, 15) is 9.18 Å². The van der Waals surface area contributed by atoms with Gasteiger partial charge in [0.15, 0.2) is 0 Å². The molecule has 0 aromatic carbocycles. The number of carbonyl (C=O) groups is 1. The highest BCUT2D eigenvalue weighted by atomic mass is 32.2. The van der Waals surface area contributed by atoms with E-state index in [1.54, 1.807) is 0 Å². The van der Waals surface area contributed by atoms with Gasteiger partial charge in [-0.25, -0.2) is 4.39 Å². The molecule has 1 rings (SSSR count). The van der Waals surface area contributed by atoms with Crippen LogP contribution >= 0.6 is 11.8 Å². The molecule has 0 bridgehead atoms. The highest BCUT2D eigenvalue weighted by Crippen LogP contribution is 2.28. The molecule has 9 heavy (non-hydrogen) atoms. The summed E-state index contributed by atoms with van der Waals surface area (Å²) in [5.41, 5.74) is 0. The van der Waals surface area contributed by atoms with Crippen LogP contribution in [0.25, 0.3) is 0 Å². The number of rotatable bonds is 1. The van der Waals surface area contributed by atoms with Gasteiger partial charge < -0.3 is 5.11 Å². The van der Waals surface area contributed by atoms with E-state index in [0.29, 0.717) is 12.2 Å². The first-order chi connectivity index (χ1) is 4.22. The first-order valence-electron chi connectivity index (χ1n) is 2.70. The number of carboxylic acids is 1. The van der Waals surface area contributed by atoms with Crippen molar-refractivity contribution >= 4 is 17.7 Å². The summed E-state index contributed by atoms with van der Waals surface area (Å²) in [7, 11) is 0. The standard InChI is InChI=1S/C5H7FO2S/c6-3-1-2-9-4(3)5(7)8/h3-4H,1-2H2,(H,7,8). The number of aliphatic carboxylic acids is 1. The molecule has 2 unspecified atom stereocenters. The Morgan fingerprint density at radius 2 is 2.44 bits per heavy atom. The van der Waals surface area contributed by atoms with Crippen molar-refractivity contribution in [2.24, 2.45) is 0 Å². The molecule has 2 nitrogen and oxygen atoms in total. The zero-order valence-corrected chi connectivity index (χ0v) is 5.53. The summed E-state index contributed by atoms with van der Waals surface area (Å²) < 4.78 is 12.4. The zero-order chi connectivity index (χ0) is 6.85. The molecule has 1 aliphatic rings. The van der Waals surface area contributed by atoms with Crippen LogP contribution in [0.4, 0.5) is 4.39 Å². The van der Waals surface area contributed by atoms with E-state index in [1.165, 1.54) is 11.8 Å². The van der Waals surface area contributed by atoms with Gasteiger partial charge in [0, 0.05) is 0 Å². The molecule has 0 radical (unpaired) electrons. The van der Waals surface area contributed by atoms with Crippen LogP contribution in [0, 0.1) is 0 Å². The maximum absolute atomic E-state index is 12.4. The fourth-order valence-corrected chi connectivity index (χ4v) is 1.89. The molecule has 1 N–H and O–H groups in total. The van der Waals surface area contributed by atoms with Crippen LogP contribution in [0.3, 0.4) is 0 Å². The fraction of sp³-hybridized carbons (Fsp3) is 0.800. The lowest BCUT2D eigenvalue weighted by atomic mass is 10.2. The molecule has 1 saturated heterocycles. The Morgan fingerprint density at radius 1 is 1.78 bits per heavy atom. The van der Waals surface area contributed by atoms with E-state index < -0.39 is 17.4 Å². The monoisotopic (exact) mass is 150 g/mol. The van der Waals surface area contributed by atoms with E-state index in [4.69, 9.17) is 5.11 Å². The fourth-order valence-electron chi connectivity index (χ4n) is 0.789. The minimum absolute atomic E-state index is 0.391. The molecule has 0 spiro atoms. The molecule has 1 fully saturated rings. The van der Waals surface area contributed by atoms with Gasteiger partial charge in [0.2, 0.25) is 0 Å². The second-order valence-corrected chi connectivity index (χ2v) is 3.18. The maximum atomic E-state index is 12.4. The summed E-state index contributed by atoms with van der Waals surface area (Å²) in [5, 5.41) is 7.52. The van der Waals surface area contributed by atoms with Gasteiger partial charge in [0.05, 0.1) is 0 Å². The average Bonchev–Trinajstić information content (AvgIpc) is 2.13. The quantitative estimate of drug-likeness (QED) is 0.603. The van der Waals surface area contributed by atoms with Crippen molar-refractivity contribution in [3.8, 4) is 0 Å². The van der Waals surface area contributed by atoms with Gasteiger partial charge in [-0.1, -0.05) is 0 Å². The second kappa shape index (κ2) is 2.56. The van der Waals surface area contributed by atoms with Gasteiger partial charge in [-0.2, -0.15) is 0 Å². The number of thioether (sulfide) groups is 1. The van der Waals surface area contributed by atoms with Crippen molar-refractivity contribution in [2.45, 2.75) is 17.8 Å². The third-order valence-corrected chi connectivity index (χ3v) is 2.59. The molecule has 0 aromatic rings. The van der Waals surface area contributed by atoms with Crippen LogP contribution in [-0.2, 0) is 4.79 Å².